The number of rotatable bonds is 6. The van der Waals surface area contributed by atoms with Crippen molar-refractivity contribution in [3.05, 3.63) is 0 Å². The Labute approximate surface area is 97.7 Å². The maximum Gasteiger partial charge on any atom is 0.382 e. The van der Waals surface area contributed by atoms with Crippen LogP contribution in [0.15, 0.2) is 0 Å². The molecule has 0 rings (SSSR count). The topological polar surface area (TPSA) is 107 Å². The molecule has 0 heterocycles. The molecule has 0 spiro atoms. The van der Waals surface area contributed by atoms with Crippen LogP contribution >= 0.6 is 0 Å². The number of aliphatic hydroxyl groups excluding tert-OH is 1. The number of esters is 3. The molecule has 1 unspecified atom stereocenters. The Morgan fingerprint density at radius 3 is 2.06 bits per heavy atom. The zero-order valence-electron chi connectivity index (χ0n) is 9.60. The number of ether oxygens (including phenoxy) is 2. The number of ketones is 1. The van der Waals surface area contributed by atoms with Crippen LogP contribution in [0.3, 0.4) is 0 Å². The van der Waals surface area contributed by atoms with E-state index in [0.717, 1.165) is 0 Å². The third-order valence-electron chi connectivity index (χ3n) is 1.64. The van der Waals surface area contributed by atoms with Crippen LogP contribution < -0.4 is 0 Å². The Morgan fingerprint density at radius 1 is 1.06 bits per heavy atom. The van der Waals surface area contributed by atoms with Crippen LogP contribution in [0, 0.1) is 0 Å². The van der Waals surface area contributed by atoms with Crippen molar-refractivity contribution in [2.45, 2.75) is 39.4 Å². The minimum absolute atomic E-state index is 0.0318. The smallest absolute Gasteiger partial charge is 0.382 e. The van der Waals surface area contributed by atoms with Crippen molar-refractivity contribution >= 4 is 23.7 Å². The molecule has 96 valence electrons. The summed E-state index contributed by atoms with van der Waals surface area (Å²) in [7, 11) is 0. The highest BCUT2D eigenvalue weighted by molar-refractivity contribution is 6.35. The molecule has 0 radical (unpaired) electrons. The van der Waals surface area contributed by atoms with Gasteiger partial charge >= 0.3 is 17.9 Å². The van der Waals surface area contributed by atoms with Crippen LogP contribution in [0.2, 0.25) is 0 Å². The molecule has 0 aliphatic carbocycles. The summed E-state index contributed by atoms with van der Waals surface area (Å²) in [6.45, 7) is 2.96. The minimum atomic E-state index is -1.71. The van der Waals surface area contributed by atoms with Gasteiger partial charge in [0.15, 0.2) is 0 Å². The van der Waals surface area contributed by atoms with Gasteiger partial charge in [0.25, 0.3) is 0 Å². The third kappa shape index (κ3) is 6.41. The highest BCUT2D eigenvalue weighted by atomic mass is 16.6. The van der Waals surface area contributed by atoms with Gasteiger partial charge in [-0.2, -0.15) is 0 Å². The predicted molar refractivity (Wildman–Crippen MR) is 53.4 cm³/mol. The minimum Gasteiger partial charge on any atom is -0.435 e. The molecule has 0 aliphatic heterocycles. The molecule has 0 aromatic rings. The zero-order valence-corrected chi connectivity index (χ0v) is 9.60. The van der Waals surface area contributed by atoms with Gasteiger partial charge in [-0.15, -0.1) is 0 Å². The molecule has 0 bridgehead atoms. The summed E-state index contributed by atoms with van der Waals surface area (Å²) < 4.78 is 8.47. The monoisotopic (exact) mass is 246 g/mol. The first-order valence-corrected chi connectivity index (χ1v) is 5.06. The molecule has 7 heteroatoms. The van der Waals surface area contributed by atoms with E-state index < -0.39 is 36.4 Å². The fraction of sp³-hybridized carbons (Fsp3) is 0.600. The summed E-state index contributed by atoms with van der Waals surface area (Å²) in [5, 5.41) is 9.10. The van der Waals surface area contributed by atoms with Gasteiger partial charge in [0.1, 0.15) is 0 Å². The summed E-state index contributed by atoms with van der Waals surface area (Å²) in [5.41, 5.74) is 0. The number of carbonyl (C=O) groups is 4. The van der Waals surface area contributed by atoms with E-state index in [9.17, 15) is 19.2 Å². The van der Waals surface area contributed by atoms with Crippen molar-refractivity contribution in [1.29, 1.82) is 0 Å². The number of hydrogen-bond acceptors (Lipinski definition) is 7. The van der Waals surface area contributed by atoms with Crippen molar-refractivity contribution in [3.63, 3.8) is 0 Å². The van der Waals surface area contributed by atoms with Crippen LogP contribution in [0.25, 0.3) is 0 Å². The average molecular weight is 246 g/mol. The summed E-state index contributed by atoms with van der Waals surface area (Å²) in [6.07, 6.45) is -2.46. The SMILES string of the molecule is CCC(=O)OC(=O)C(=O)CC(O)OC(=O)CC. The third-order valence-corrected chi connectivity index (χ3v) is 1.64. The van der Waals surface area contributed by atoms with Gasteiger partial charge in [0.2, 0.25) is 12.1 Å². The van der Waals surface area contributed by atoms with Crippen LogP contribution in [0.4, 0.5) is 0 Å². The molecule has 1 N–H and O–H groups in total. The van der Waals surface area contributed by atoms with Gasteiger partial charge in [0.05, 0.1) is 6.42 Å². The number of Topliss-reactive ketones (excluding diaryl/α,β-unsaturated/α-hetero) is 1. The quantitative estimate of drug-likeness (QED) is 0.296. The Bertz CT molecular complexity index is 321. The van der Waals surface area contributed by atoms with E-state index in [4.69, 9.17) is 5.11 Å². The molecular formula is C10H14O7. The van der Waals surface area contributed by atoms with E-state index in [1.807, 2.05) is 0 Å². The van der Waals surface area contributed by atoms with E-state index in [1.54, 1.807) is 0 Å². The van der Waals surface area contributed by atoms with Gasteiger partial charge in [-0.3, -0.25) is 14.4 Å². The van der Waals surface area contributed by atoms with Gasteiger partial charge in [-0.1, -0.05) is 13.8 Å². The number of aliphatic hydroxyl groups is 1. The van der Waals surface area contributed by atoms with E-state index in [0.29, 0.717) is 0 Å². The highest BCUT2D eigenvalue weighted by Gasteiger charge is 2.23. The molecular weight excluding hydrogens is 232 g/mol. The van der Waals surface area contributed by atoms with Gasteiger partial charge in [-0.05, 0) is 0 Å². The first kappa shape index (κ1) is 15.2. The fourth-order valence-electron chi connectivity index (χ4n) is 0.751. The highest BCUT2D eigenvalue weighted by Crippen LogP contribution is 2.00. The lowest BCUT2D eigenvalue weighted by atomic mass is 10.3. The lowest BCUT2D eigenvalue weighted by Gasteiger charge is -2.09. The van der Waals surface area contributed by atoms with Crippen molar-refractivity contribution in [2.24, 2.45) is 0 Å². The molecule has 0 fully saturated rings. The Kier molecular flexibility index (Phi) is 6.73. The molecule has 0 amide bonds. The second kappa shape index (κ2) is 7.50. The van der Waals surface area contributed by atoms with E-state index in [2.05, 4.69) is 9.47 Å². The second-order valence-electron chi connectivity index (χ2n) is 3.04. The molecule has 1 atom stereocenters. The van der Waals surface area contributed by atoms with Gasteiger partial charge < -0.3 is 14.6 Å². The molecule has 0 saturated carbocycles. The second-order valence-corrected chi connectivity index (χ2v) is 3.04. The number of carbonyl (C=O) groups excluding carboxylic acids is 4. The summed E-state index contributed by atoms with van der Waals surface area (Å²) in [6, 6.07) is 0. The van der Waals surface area contributed by atoms with Crippen LogP contribution in [0.1, 0.15) is 33.1 Å². The zero-order chi connectivity index (χ0) is 13.4. The predicted octanol–water partition coefficient (Wildman–Crippen LogP) is -0.303. The molecule has 0 aliphatic rings. The van der Waals surface area contributed by atoms with Crippen LogP contribution in [0.5, 0.6) is 0 Å². The molecule has 0 aromatic heterocycles. The van der Waals surface area contributed by atoms with Crippen molar-refractivity contribution in [2.75, 3.05) is 0 Å². The van der Waals surface area contributed by atoms with Gasteiger partial charge in [-0.25, -0.2) is 4.79 Å². The fourth-order valence-corrected chi connectivity index (χ4v) is 0.751. The maximum atomic E-state index is 11.1. The van der Waals surface area contributed by atoms with Gasteiger partial charge in [0, 0.05) is 12.8 Å². The normalized spacial score (nSPS) is 11.5. The standard InChI is InChI=1S/C10H14O7/c1-3-7(12)16-9(14)5-6(11)10(15)17-8(13)4-2/h9,14H,3-5H2,1-2H3. The van der Waals surface area contributed by atoms with E-state index in [-0.39, 0.29) is 12.8 Å². The average Bonchev–Trinajstić information content (AvgIpc) is 2.28. The molecule has 0 saturated heterocycles. The maximum absolute atomic E-state index is 11.1. The largest absolute Gasteiger partial charge is 0.435 e. The van der Waals surface area contributed by atoms with Crippen molar-refractivity contribution in [1.82, 2.24) is 0 Å². The first-order chi connectivity index (χ1) is 7.90. The Morgan fingerprint density at radius 2 is 1.59 bits per heavy atom. The lowest BCUT2D eigenvalue weighted by Crippen LogP contribution is -2.27. The van der Waals surface area contributed by atoms with Crippen LogP contribution in [-0.2, 0) is 28.7 Å². The number of hydrogen-bond donors (Lipinski definition) is 1. The van der Waals surface area contributed by atoms with Crippen molar-refractivity contribution in [3.8, 4) is 0 Å². The van der Waals surface area contributed by atoms with Crippen LogP contribution in [-0.4, -0.2) is 35.1 Å². The summed E-state index contributed by atoms with van der Waals surface area (Å²) in [5.74, 6) is -4.06. The summed E-state index contributed by atoms with van der Waals surface area (Å²) in [4.78, 5) is 43.5. The molecule has 0 aromatic carbocycles. The Balaban J connectivity index is 4.12. The molecule has 17 heavy (non-hydrogen) atoms. The summed E-state index contributed by atoms with van der Waals surface area (Å²) >= 11 is 0. The molecule has 7 nitrogen and oxygen atoms in total. The van der Waals surface area contributed by atoms with Crippen molar-refractivity contribution < 1.29 is 33.8 Å². The van der Waals surface area contributed by atoms with E-state index in [1.165, 1.54) is 13.8 Å². The Hall–Kier alpha value is -1.76. The van der Waals surface area contributed by atoms with E-state index >= 15 is 0 Å². The lowest BCUT2D eigenvalue weighted by molar-refractivity contribution is -0.174. The first-order valence-electron chi connectivity index (χ1n) is 5.06.